The van der Waals surface area contributed by atoms with Crippen LogP contribution in [0.3, 0.4) is 0 Å². The van der Waals surface area contributed by atoms with Gasteiger partial charge in [0, 0.05) is 13.1 Å². The molecule has 1 N–H and O–H groups in total. The average Bonchev–Trinajstić information content (AvgIpc) is 2.42. The predicted octanol–water partition coefficient (Wildman–Crippen LogP) is 2.20. The lowest BCUT2D eigenvalue weighted by molar-refractivity contribution is 0.156. The second kappa shape index (κ2) is 5.46. The first-order valence-electron chi connectivity index (χ1n) is 6.78. The van der Waals surface area contributed by atoms with Crippen LogP contribution in [-0.4, -0.2) is 43.3 Å². The van der Waals surface area contributed by atoms with Crippen molar-refractivity contribution in [3.8, 4) is 0 Å². The lowest BCUT2D eigenvalue weighted by Gasteiger charge is -2.29. The highest BCUT2D eigenvalue weighted by molar-refractivity contribution is 4.81. The van der Waals surface area contributed by atoms with Crippen molar-refractivity contribution in [3.05, 3.63) is 0 Å². The Morgan fingerprint density at radius 2 is 2.19 bits per heavy atom. The average molecular weight is 228 g/mol. The molecule has 2 aliphatic heterocycles. The molecule has 2 saturated heterocycles. The molecular formula is C13H25FN2. The molecule has 94 valence electrons. The van der Waals surface area contributed by atoms with Gasteiger partial charge in [0.2, 0.25) is 0 Å². The Kier molecular flexibility index (Phi) is 4.20. The number of halogens is 1. The molecule has 0 bridgehead atoms. The fourth-order valence-electron chi connectivity index (χ4n) is 2.93. The number of nitrogens with one attached hydrogen (secondary N) is 1. The van der Waals surface area contributed by atoms with Gasteiger partial charge in [0.15, 0.2) is 0 Å². The third-order valence-electron chi connectivity index (χ3n) is 4.04. The maximum atomic E-state index is 13.8. The van der Waals surface area contributed by atoms with Gasteiger partial charge in [0.05, 0.1) is 0 Å². The Labute approximate surface area is 98.6 Å². The normalized spacial score (nSPS) is 38.2. The summed E-state index contributed by atoms with van der Waals surface area (Å²) in [5.41, 5.74) is -0.917. The second-order valence-corrected chi connectivity index (χ2v) is 5.78. The van der Waals surface area contributed by atoms with Crippen molar-refractivity contribution in [3.63, 3.8) is 0 Å². The molecule has 0 aromatic heterocycles. The summed E-state index contributed by atoms with van der Waals surface area (Å²) in [4.78, 5) is 2.47. The van der Waals surface area contributed by atoms with Crippen LogP contribution in [0.2, 0.25) is 0 Å². The van der Waals surface area contributed by atoms with Gasteiger partial charge in [-0.05, 0) is 64.6 Å². The van der Waals surface area contributed by atoms with Gasteiger partial charge in [-0.2, -0.15) is 0 Å². The van der Waals surface area contributed by atoms with E-state index in [1.54, 1.807) is 6.92 Å². The molecule has 2 unspecified atom stereocenters. The maximum absolute atomic E-state index is 13.8. The van der Waals surface area contributed by atoms with Crippen molar-refractivity contribution in [2.24, 2.45) is 5.92 Å². The van der Waals surface area contributed by atoms with E-state index in [4.69, 9.17) is 0 Å². The number of hydrogen-bond acceptors (Lipinski definition) is 2. The molecular weight excluding hydrogens is 203 g/mol. The molecule has 2 fully saturated rings. The summed E-state index contributed by atoms with van der Waals surface area (Å²) in [6, 6.07) is 0. The summed E-state index contributed by atoms with van der Waals surface area (Å²) < 4.78 is 13.8. The number of hydrogen-bond donors (Lipinski definition) is 1. The highest BCUT2D eigenvalue weighted by Gasteiger charge is 2.28. The Balaban J connectivity index is 1.76. The zero-order chi connectivity index (χ0) is 11.4. The third kappa shape index (κ3) is 3.70. The van der Waals surface area contributed by atoms with Gasteiger partial charge in [0.1, 0.15) is 5.67 Å². The minimum atomic E-state index is -0.917. The van der Waals surface area contributed by atoms with Crippen molar-refractivity contribution < 1.29 is 4.39 Å². The Morgan fingerprint density at radius 3 is 2.94 bits per heavy atom. The van der Waals surface area contributed by atoms with Gasteiger partial charge in [-0.3, -0.25) is 0 Å². The summed E-state index contributed by atoms with van der Waals surface area (Å²) in [6.07, 6.45) is 5.13. The van der Waals surface area contributed by atoms with Gasteiger partial charge in [-0.1, -0.05) is 0 Å². The van der Waals surface area contributed by atoms with Gasteiger partial charge < -0.3 is 10.2 Å². The number of alkyl halides is 1. The molecule has 0 aliphatic carbocycles. The smallest absolute Gasteiger partial charge is 0.109 e. The quantitative estimate of drug-likeness (QED) is 0.779. The van der Waals surface area contributed by atoms with E-state index >= 15 is 0 Å². The molecule has 2 nitrogen and oxygen atoms in total. The summed E-state index contributed by atoms with van der Waals surface area (Å²) >= 11 is 0. The van der Waals surface area contributed by atoms with Crippen molar-refractivity contribution in [1.29, 1.82) is 0 Å². The van der Waals surface area contributed by atoms with Crippen LogP contribution in [0.4, 0.5) is 4.39 Å². The van der Waals surface area contributed by atoms with Crippen LogP contribution in [0.15, 0.2) is 0 Å². The summed E-state index contributed by atoms with van der Waals surface area (Å²) in [5, 5.41) is 3.46. The Morgan fingerprint density at radius 1 is 1.31 bits per heavy atom. The lowest BCUT2D eigenvalue weighted by atomic mass is 9.99. The van der Waals surface area contributed by atoms with E-state index < -0.39 is 5.67 Å². The van der Waals surface area contributed by atoms with Crippen LogP contribution in [0.5, 0.6) is 0 Å². The van der Waals surface area contributed by atoms with Gasteiger partial charge in [-0.25, -0.2) is 4.39 Å². The number of rotatable bonds is 2. The summed E-state index contributed by atoms with van der Waals surface area (Å²) in [6.45, 7) is 7.31. The predicted molar refractivity (Wildman–Crippen MR) is 65.4 cm³/mol. The van der Waals surface area contributed by atoms with Crippen molar-refractivity contribution >= 4 is 0 Å². The monoisotopic (exact) mass is 228 g/mol. The van der Waals surface area contributed by atoms with Crippen LogP contribution >= 0.6 is 0 Å². The molecule has 0 amide bonds. The van der Waals surface area contributed by atoms with E-state index in [1.165, 1.54) is 25.9 Å². The fraction of sp³-hybridized carbons (Fsp3) is 1.00. The SMILES string of the molecule is CC1(F)CCCN(CC2CCCNC2)CC1. The van der Waals surface area contributed by atoms with Crippen LogP contribution < -0.4 is 5.32 Å². The van der Waals surface area contributed by atoms with E-state index in [0.717, 1.165) is 38.4 Å². The number of likely N-dealkylation sites (tertiary alicyclic amines) is 1. The van der Waals surface area contributed by atoms with Crippen LogP contribution in [0.1, 0.15) is 39.0 Å². The van der Waals surface area contributed by atoms with Gasteiger partial charge in [0.25, 0.3) is 0 Å². The minimum absolute atomic E-state index is 0.715. The van der Waals surface area contributed by atoms with E-state index in [2.05, 4.69) is 10.2 Å². The highest BCUT2D eigenvalue weighted by atomic mass is 19.1. The van der Waals surface area contributed by atoms with Crippen LogP contribution in [0.25, 0.3) is 0 Å². The Bertz CT molecular complexity index is 212. The molecule has 0 radical (unpaired) electrons. The second-order valence-electron chi connectivity index (χ2n) is 5.78. The molecule has 2 heterocycles. The first-order valence-corrected chi connectivity index (χ1v) is 6.78. The van der Waals surface area contributed by atoms with Crippen molar-refractivity contribution in [2.45, 2.75) is 44.7 Å². The molecule has 0 aromatic carbocycles. The van der Waals surface area contributed by atoms with Crippen LogP contribution in [0, 0.1) is 5.92 Å². The lowest BCUT2D eigenvalue weighted by Crippen LogP contribution is -2.39. The van der Waals surface area contributed by atoms with E-state index in [-0.39, 0.29) is 0 Å². The zero-order valence-corrected chi connectivity index (χ0v) is 10.5. The van der Waals surface area contributed by atoms with Crippen LogP contribution in [-0.2, 0) is 0 Å². The molecule has 16 heavy (non-hydrogen) atoms. The number of piperidine rings is 1. The molecule has 2 rings (SSSR count). The first-order chi connectivity index (χ1) is 7.66. The molecule has 0 spiro atoms. The molecule has 3 heteroatoms. The first kappa shape index (κ1) is 12.3. The largest absolute Gasteiger partial charge is 0.316 e. The number of nitrogens with zero attached hydrogens (tertiary/aromatic N) is 1. The van der Waals surface area contributed by atoms with Gasteiger partial charge >= 0.3 is 0 Å². The third-order valence-corrected chi connectivity index (χ3v) is 4.04. The van der Waals surface area contributed by atoms with Crippen molar-refractivity contribution in [2.75, 3.05) is 32.7 Å². The Hall–Kier alpha value is -0.150. The molecule has 0 saturated carbocycles. The fourth-order valence-corrected chi connectivity index (χ4v) is 2.93. The van der Waals surface area contributed by atoms with E-state index in [1.807, 2.05) is 0 Å². The standard InChI is InChI=1S/C13H25FN2/c1-13(14)5-3-8-16(9-6-13)11-12-4-2-7-15-10-12/h12,15H,2-11H2,1H3. The zero-order valence-electron chi connectivity index (χ0n) is 10.5. The highest BCUT2D eigenvalue weighted by Crippen LogP contribution is 2.26. The van der Waals surface area contributed by atoms with Gasteiger partial charge in [-0.15, -0.1) is 0 Å². The summed E-state index contributed by atoms with van der Waals surface area (Å²) in [7, 11) is 0. The summed E-state index contributed by atoms with van der Waals surface area (Å²) in [5.74, 6) is 0.790. The van der Waals surface area contributed by atoms with Crippen molar-refractivity contribution in [1.82, 2.24) is 10.2 Å². The van der Waals surface area contributed by atoms with E-state index in [9.17, 15) is 4.39 Å². The molecule has 0 aromatic rings. The molecule has 2 aliphatic rings. The minimum Gasteiger partial charge on any atom is -0.316 e. The molecule has 2 atom stereocenters. The maximum Gasteiger partial charge on any atom is 0.109 e. The topological polar surface area (TPSA) is 15.3 Å². The van der Waals surface area contributed by atoms with E-state index in [0.29, 0.717) is 6.42 Å².